The number of carbonyl (C=O) groups excluding carboxylic acids is 1. The number of rotatable bonds is 8. The molecule has 2 N–H and O–H groups in total. The normalized spacial score (nSPS) is 19.1. The molecule has 2 fully saturated rings. The topological polar surface area (TPSA) is 47.6 Å². The van der Waals surface area contributed by atoms with Crippen LogP contribution in [0.2, 0.25) is 0 Å². The molecule has 2 saturated heterocycles. The predicted molar refractivity (Wildman–Crippen MR) is 125 cm³/mol. The molecule has 2 aliphatic rings. The Morgan fingerprint density at radius 2 is 1.79 bits per heavy atom. The van der Waals surface area contributed by atoms with Gasteiger partial charge in [-0.05, 0) is 56.9 Å². The standard InChI is InChI=1S/C20H32N4O.3ClH/c25-20(8-7-18-9-11-21-17-18)22-10-4-12-23-13-15-24(16-14-23)19-5-2-1-3-6-19;;;/h1-3,5-6,18,21H,4,7-17H2,(H,22,25);3*1H. The van der Waals surface area contributed by atoms with Crippen LogP contribution in [0.15, 0.2) is 30.3 Å². The van der Waals surface area contributed by atoms with E-state index >= 15 is 0 Å². The molecule has 1 amide bonds. The van der Waals surface area contributed by atoms with Gasteiger partial charge in [0.1, 0.15) is 0 Å². The van der Waals surface area contributed by atoms with Crippen LogP contribution in [0.1, 0.15) is 25.7 Å². The van der Waals surface area contributed by atoms with Crippen LogP contribution in [0, 0.1) is 5.92 Å². The quantitative estimate of drug-likeness (QED) is 0.594. The first kappa shape index (κ1) is 27.3. The Kier molecular flexibility index (Phi) is 14.8. The molecule has 1 aromatic rings. The van der Waals surface area contributed by atoms with Crippen molar-refractivity contribution in [3.05, 3.63) is 30.3 Å². The summed E-state index contributed by atoms with van der Waals surface area (Å²) in [5.74, 6) is 0.924. The average Bonchev–Trinajstić information content (AvgIpc) is 3.18. The zero-order valence-corrected chi connectivity index (χ0v) is 18.9. The van der Waals surface area contributed by atoms with E-state index in [-0.39, 0.29) is 43.1 Å². The zero-order chi connectivity index (χ0) is 17.3. The number of nitrogens with zero attached hydrogens (tertiary/aromatic N) is 2. The maximum atomic E-state index is 11.9. The minimum atomic E-state index is 0. The van der Waals surface area contributed by atoms with E-state index in [1.54, 1.807) is 0 Å². The molecule has 0 radical (unpaired) electrons. The van der Waals surface area contributed by atoms with Crippen molar-refractivity contribution in [1.82, 2.24) is 15.5 Å². The second kappa shape index (κ2) is 15.2. The fraction of sp³-hybridized carbons (Fsp3) is 0.650. The van der Waals surface area contributed by atoms with E-state index < -0.39 is 0 Å². The SMILES string of the molecule is Cl.Cl.Cl.O=C(CCC1CCNC1)NCCCN1CCN(c2ccccc2)CC1. The number of amides is 1. The average molecular weight is 454 g/mol. The highest BCUT2D eigenvalue weighted by Gasteiger charge is 2.17. The van der Waals surface area contributed by atoms with Crippen LogP contribution in [0.3, 0.4) is 0 Å². The van der Waals surface area contributed by atoms with Gasteiger partial charge in [0.05, 0.1) is 0 Å². The number of hydrogen-bond donors (Lipinski definition) is 2. The number of para-hydroxylation sites is 1. The Bertz CT molecular complexity index is 521. The van der Waals surface area contributed by atoms with Gasteiger partial charge in [0, 0.05) is 44.8 Å². The fourth-order valence-electron chi connectivity index (χ4n) is 3.78. The number of carbonyl (C=O) groups is 1. The molecule has 1 unspecified atom stereocenters. The number of halogens is 3. The highest BCUT2D eigenvalue weighted by Crippen LogP contribution is 2.16. The van der Waals surface area contributed by atoms with Crippen LogP contribution >= 0.6 is 37.2 Å². The van der Waals surface area contributed by atoms with Crippen LogP contribution in [0.25, 0.3) is 0 Å². The lowest BCUT2D eigenvalue weighted by Gasteiger charge is -2.36. The molecule has 162 valence electrons. The van der Waals surface area contributed by atoms with Crippen molar-refractivity contribution in [3.63, 3.8) is 0 Å². The first-order valence-electron chi connectivity index (χ1n) is 9.81. The predicted octanol–water partition coefficient (Wildman–Crippen LogP) is 2.97. The fourth-order valence-corrected chi connectivity index (χ4v) is 3.78. The van der Waals surface area contributed by atoms with E-state index in [0.717, 1.165) is 65.2 Å². The van der Waals surface area contributed by atoms with Crippen LogP contribution < -0.4 is 15.5 Å². The Morgan fingerprint density at radius 1 is 1.07 bits per heavy atom. The number of piperazine rings is 1. The summed E-state index contributed by atoms with van der Waals surface area (Å²) in [5.41, 5.74) is 1.33. The number of hydrogen-bond acceptors (Lipinski definition) is 4. The van der Waals surface area contributed by atoms with Crippen molar-refractivity contribution in [2.24, 2.45) is 5.92 Å². The monoisotopic (exact) mass is 452 g/mol. The largest absolute Gasteiger partial charge is 0.369 e. The van der Waals surface area contributed by atoms with E-state index in [1.807, 2.05) is 0 Å². The molecular weight excluding hydrogens is 419 g/mol. The third-order valence-corrected chi connectivity index (χ3v) is 5.41. The lowest BCUT2D eigenvalue weighted by Crippen LogP contribution is -2.47. The number of nitrogens with one attached hydrogen (secondary N) is 2. The van der Waals surface area contributed by atoms with Crippen LogP contribution in [-0.2, 0) is 4.79 Å². The maximum Gasteiger partial charge on any atom is 0.220 e. The first-order valence-corrected chi connectivity index (χ1v) is 9.81. The van der Waals surface area contributed by atoms with Gasteiger partial charge in [0.25, 0.3) is 0 Å². The lowest BCUT2D eigenvalue weighted by atomic mass is 10.0. The highest BCUT2D eigenvalue weighted by atomic mass is 35.5. The molecule has 0 saturated carbocycles. The first-order chi connectivity index (χ1) is 12.3. The summed E-state index contributed by atoms with van der Waals surface area (Å²) in [5, 5.41) is 6.44. The van der Waals surface area contributed by atoms with E-state index in [4.69, 9.17) is 0 Å². The van der Waals surface area contributed by atoms with Gasteiger partial charge in [-0.2, -0.15) is 0 Å². The summed E-state index contributed by atoms with van der Waals surface area (Å²) < 4.78 is 0. The van der Waals surface area contributed by atoms with E-state index in [2.05, 4.69) is 50.8 Å². The maximum absolute atomic E-state index is 11.9. The lowest BCUT2D eigenvalue weighted by molar-refractivity contribution is -0.121. The summed E-state index contributed by atoms with van der Waals surface area (Å²) in [4.78, 5) is 16.9. The second-order valence-electron chi connectivity index (χ2n) is 7.27. The van der Waals surface area contributed by atoms with Crippen molar-refractivity contribution in [1.29, 1.82) is 0 Å². The van der Waals surface area contributed by atoms with Gasteiger partial charge in [0.15, 0.2) is 0 Å². The van der Waals surface area contributed by atoms with Crippen molar-refractivity contribution in [2.75, 3.05) is 57.3 Å². The van der Waals surface area contributed by atoms with E-state index in [0.29, 0.717) is 12.3 Å². The summed E-state index contributed by atoms with van der Waals surface area (Å²) in [6, 6.07) is 10.7. The Labute approximate surface area is 188 Å². The zero-order valence-electron chi connectivity index (χ0n) is 16.5. The number of benzene rings is 1. The third kappa shape index (κ3) is 9.19. The third-order valence-electron chi connectivity index (χ3n) is 5.41. The van der Waals surface area contributed by atoms with Crippen molar-refractivity contribution < 1.29 is 4.79 Å². The van der Waals surface area contributed by atoms with Crippen molar-refractivity contribution >= 4 is 48.8 Å². The second-order valence-corrected chi connectivity index (χ2v) is 7.27. The van der Waals surface area contributed by atoms with Gasteiger partial charge in [-0.1, -0.05) is 18.2 Å². The molecule has 28 heavy (non-hydrogen) atoms. The van der Waals surface area contributed by atoms with Crippen molar-refractivity contribution in [2.45, 2.75) is 25.7 Å². The van der Waals surface area contributed by atoms with Gasteiger partial charge in [-0.3, -0.25) is 9.69 Å². The molecule has 1 aromatic carbocycles. The van der Waals surface area contributed by atoms with Crippen LogP contribution in [-0.4, -0.2) is 63.2 Å². The molecule has 8 heteroatoms. The van der Waals surface area contributed by atoms with Gasteiger partial charge >= 0.3 is 0 Å². The molecule has 2 heterocycles. The minimum Gasteiger partial charge on any atom is -0.369 e. The molecule has 0 bridgehead atoms. The molecule has 0 spiro atoms. The molecule has 2 aliphatic heterocycles. The highest BCUT2D eigenvalue weighted by molar-refractivity contribution is 5.86. The van der Waals surface area contributed by atoms with E-state index in [1.165, 1.54) is 12.1 Å². The Hall–Kier alpha value is -0.720. The van der Waals surface area contributed by atoms with Gasteiger partial charge in [0.2, 0.25) is 5.91 Å². The van der Waals surface area contributed by atoms with Crippen LogP contribution in [0.5, 0.6) is 0 Å². The molecule has 0 aromatic heterocycles. The molecule has 5 nitrogen and oxygen atoms in total. The smallest absolute Gasteiger partial charge is 0.220 e. The summed E-state index contributed by atoms with van der Waals surface area (Å²) in [6.07, 6.45) is 3.98. The summed E-state index contributed by atoms with van der Waals surface area (Å²) >= 11 is 0. The van der Waals surface area contributed by atoms with Crippen LogP contribution in [0.4, 0.5) is 5.69 Å². The Morgan fingerprint density at radius 3 is 2.43 bits per heavy atom. The van der Waals surface area contributed by atoms with E-state index in [9.17, 15) is 4.79 Å². The summed E-state index contributed by atoms with van der Waals surface area (Å²) in [6.45, 7) is 8.48. The molecule has 1 atom stereocenters. The summed E-state index contributed by atoms with van der Waals surface area (Å²) in [7, 11) is 0. The minimum absolute atomic E-state index is 0. The molecule has 3 rings (SSSR count). The van der Waals surface area contributed by atoms with Gasteiger partial charge in [-0.15, -0.1) is 37.2 Å². The number of anilines is 1. The Balaban J connectivity index is 0.00000243. The van der Waals surface area contributed by atoms with Gasteiger partial charge in [-0.25, -0.2) is 0 Å². The molecular formula is C20H35Cl3N4O. The van der Waals surface area contributed by atoms with Gasteiger partial charge < -0.3 is 15.5 Å². The molecule has 0 aliphatic carbocycles. The van der Waals surface area contributed by atoms with Crippen molar-refractivity contribution in [3.8, 4) is 0 Å².